The van der Waals surface area contributed by atoms with Crippen LogP contribution in [0.5, 0.6) is 0 Å². The Morgan fingerprint density at radius 2 is 1.76 bits per heavy atom. The van der Waals surface area contributed by atoms with Crippen LogP contribution >= 0.6 is 7.60 Å². The molecule has 0 radical (unpaired) electrons. The molecule has 0 heterocycles. The molecule has 122 valence electrons. The van der Waals surface area contributed by atoms with Gasteiger partial charge in [0.2, 0.25) is 0 Å². The molecular formula is C12H23N2O6P. The first-order valence-corrected chi connectivity index (χ1v) is 8.32. The molecule has 0 fully saturated rings. The van der Waals surface area contributed by atoms with E-state index >= 15 is 0 Å². The van der Waals surface area contributed by atoms with Gasteiger partial charge in [0.05, 0.1) is 19.8 Å². The third kappa shape index (κ3) is 7.50. The molecule has 0 aliphatic carbocycles. The lowest BCUT2D eigenvalue weighted by atomic mass is 10.2. The maximum atomic E-state index is 12.3. The first-order valence-electron chi connectivity index (χ1n) is 6.77. The Balaban J connectivity index is 4.54. The molecule has 0 saturated heterocycles. The van der Waals surface area contributed by atoms with Crippen LogP contribution < -0.4 is 0 Å². The first kappa shape index (κ1) is 20.0. The van der Waals surface area contributed by atoms with Gasteiger partial charge in [0.15, 0.2) is 0 Å². The summed E-state index contributed by atoms with van der Waals surface area (Å²) in [5.41, 5.74) is 8.12. The highest BCUT2D eigenvalue weighted by Gasteiger charge is 2.47. The highest BCUT2D eigenvalue weighted by molar-refractivity contribution is 7.74. The van der Waals surface area contributed by atoms with Crippen LogP contribution in [0, 0.1) is 5.92 Å². The SMILES string of the molecule is CCOP(=O)(OCC)C(=[N+]=[N-])C(=O)OCCOCC(C)C. The number of ether oxygens (including phenoxy) is 2. The summed E-state index contributed by atoms with van der Waals surface area (Å²) in [6.07, 6.45) is 0. The van der Waals surface area contributed by atoms with Crippen LogP contribution in [0.1, 0.15) is 27.7 Å². The topological polar surface area (TPSA) is 107 Å². The van der Waals surface area contributed by atoms with E-state index in [0.717, 1.165) is 0 Å². The lowest BCUT2D eigenvalue weighted by Gasteiger charge is -2.12. The number of nitrogens with zero attached hydrogens (tertiary/aromatic N) is 2. The van der Waals surface area contributed by atoms with Crippen molar-refractivity contribution in [2.75, 3.05) is 33.0 Å². The molecule has 21 heavy (non-hydrogen) atoms. The van der Waals surface area contributed by atoms with E-state index in [0.29, 0.717) is 12.5 Å². The molecule has 0 rings (SSSR count). The van der Waals surface area contributed by atoms with Crippen LogP contribution in [0.15, 0.2) is 0 Å². The molecule has 8 nitrogen and oxygen atoms in total. The summed E-state index contributed by atoms with van der Waals surface area (Å²) in [4.78, 5) is 14.5. The molecule has 0 aliphatic rings. The van der Waals surface area contributed by atoms with Crippen LogP contribution in [0.2, 0.25) is 0 Å². The van der Waals surface area contributed by atoms with Crippen LogP contribution in [0.25, 0.3) is 5.53 Å². The van der Waals surface area contributed by atoms with Crippen molar-refractivity contribution in [2.24, 2.45) is 5.92 Å². The molecule has 0 aliphatic heterocycles. The van der Waals surface area contributed by atoms with E-state index in [1.807, 2.05) is 13.8 Å². The van der Waals surface area contributed by atoms with Gasteiger partial charge >= 0.3 is 19.0 Å². The smallest absolute Gasteiger partial charge is 0.454 e. The number of esters is 1. The van der Waals surface area contributed by atoms with Gasteiger partial charge in [-0.15, -0.1) is 4.79 Å². The van der Waals surface area contributed by atoms with E-state index in [4.69, 9.17) is 24.1 Å². The van der Waals surface area contributed by atoms with Gasteiger partial charge in [0.25, 0.3) is 0 Å². The van der Waals surface area contributed by atoms with Crippen LogP contribution in [-0.4, -0.2) is 49.2 Å². The van der Waals surface area contributed by atoms with Gasteiger partial charge in [-0.1, -0.05) is 13.8 Å². The Morgan fingerprint density at radius 3 is 2.19 bits per heavy atom. The lowest BCUT2D eigenvalue weighted by Crippen LogP contribution is -2.23. The largest absolute Gasteiger partial charge is 0.484 e. The fraction of sp³-hybridized carbons (Fsp3) is 0.833. The van der Waals surface area contributed by atoms with Crippen LogP contribution in [-0.2, 0) is 27.9 Å². The Morgan fingerprint density at radius 1 is 1.19 bits per heavy atom. The van der Waals surface area contributed by atoms with Gasteiger partial charge in [-0.25, -0.2) is 9.36 Å². The number of rotatable bonds is 11. The number of hydrogen-bond acceptors (Lipinski definition) is 6. The van der Waals surface area contributed by atoms with Crippen molar-refractivity contribution in [3.8, 4) is 0 Å². The molecule has 0 bridgehead atoms. The Kier molecular flexibility index (Phi) is 10.1. The van der Waals surface area contributed by atoms with Gasteiger partial charge in [-0.05, 0) is 19.8 Å². The third-order valence-corrected chi connectivity index (χ3v) is 4.03. The quantitative estimate of drug-likeness (QED) is 0.144. The van der Waals surface area contributed by atoms with Gasteiger partial charge in [0.1, 0.15) is 6.61 Å². The van der Waals surface area contributed by atoms with E-state index < -0.39 is 19.0 Å². The minimum absolute atomic E-state index is 0.0288. The molecule has 0 aromatic rings. The van der Waals surface area contributed by atoms with Crippen molar-refractivity contribution in [1.29, 1.82) is 0 Å². The highest BCUT2D eigenvalue weighted by atomic mass is 31.2. The van der Waals surface area contributed by atoms with E-state index in [2.05, 4.69) is 4.79 Å². The van der Waals surface area contributed by atoms with Gasteiger partial charge < -0.3 is 24.1 Å². The molecule has 0 spiro atoms. The summed E-state index contributed by atoms with van der Waals surface area (Å²) < 4.78 is 32.2. The second-order valence-corrected chi connectivity index (χ2v) is 6.30. The first-order chi connectivity index (χ1) is 9.91. The fourth-order valence-electron chi connectivity index (χ4n) is 1.28. The standard InChI is InChI=1S/C12H23N2O6P/c1-5-19-21(16,20-6-2)11(14-13)12(15)18-8-7-17-9-10(3)4/h10H,5-9H2,1-4H3. The highest BCUT2D eigenvalue weighted by Crippen LogP contribution is 2.49. The summed E-state index contributed by atoms with van der Waals surface area (Å²) in [6, 6.07) is 0. The average Bonchev–Trinajstić information content (AvgIpc) is 2.39. The average molecular weight is 322 g/mol. The zero-order valence-corrected chi connectivity index (χ0v) is 13.8. The lowest BCUT2D eigenvalue weighted by molar-refractivity contribution is -0.141. The van der Waals surface area contributed by atoms with Crippen molar-refractivity contribution < 1.29 is 32.7 Å². The zero-order valence-electron chi connectivity index (χ0n) is 12.9. The minimum Gasteiger partial charge on any atom is -0.454 e. The number of carbonyl (C=O) groups excluding carboxylic acids is 1. The third-order valence-electron chi connectivity index (χ3n) is 2.05. The van der Waals surface area contributed by atoms with Gasteiger partial charge in [-0.2, -0.15) is 0 Å². The summed E-state index contributed by atoms with van der Waals surface area (Å²) in [6.45, 7) is 7.86. The molecule has 9 heteroatoms. The van der Waals surface area contributed by atoms with Crippen molar-refractivity contribution in [3.63, 3.8) is 0 Å². The fourth-order valence-corrected chi connectivity index (χ4v) is 2.68. The normalized spacial score (nSPS) is 11.3. The predicted octanol–water partition coefficient (Wildman–Crippen LogP) is 2.10. The maximum Gasteiger partial charge on any atom is 0.484 e. The van der Waals surface area contributed by atoms with Crippen molar-refractivity contribution in [2.45, 2.75) is 27.7 Å². The van der Waals surface area contributed by atoms with Crippen LogP contribution in [0.3, 0.4) is 0 Å². The Bertz CT molecular complexity index is 410. The molecule has 0 aromatic heterocycles. The van der Waals surface area contributed by atoms with Crippen molar-refractivity contribution in [1.82, 2.24) is 0 Å². The summed E-state index contributed by atoms with van der Waals surface area (Å²) in [7, 11) is -3.97. The molecule has 0 N–H and O–H groups in total. The van der Waals surface area contributed by atoms with Gasteiger partial charge in [-0.3, -0.25) is 0 Å². The van der Waals surface area contributed by atoms with E-state index in [9.17, 15) is 9.36 Å². The van der Waals surface area contributed by atoms with Gasteiger partial charge in [0, 0.05) is 6.61 Å². The molecule has 0 unspecified atom stereocenters. The monoisotopic (exact) mass is 322 g/mol. The Hall–Kier alpha value is -1.04. The zero-order chi connectivity index (χ0) is 16.3. The molecule has 0 atom stereocenters. The van der Waals surface area contributed by atoms with Crippen molar-refractivity contribution in [3.05, 3.63) is 5.53 Å². The minimum atomic E-state index is -3.97. The molecule has 0 aromatic carbocycles. The predicted molar refractivity (Wildman–Crippen MR) is 76.1 cm³/mol. The summed E-state index contributed by atoms with van der Waals surface area (Å²) in [5, 5.41) is 0. The molecule has 0 saturated carbocycles. The number of carbonyl (C=O) groups is 1. The summed E-state index contributed by atoms with van der Waals surface area (Å²) >= 11 is 0. The summed E-state index contributed by atoms with van der Waals surface area (Å²) in [5.74, 6) is -0.692. The Labute approximate surface area is 124 Å². The van der Waals surface area contributed by atoms with Crippen molar-refractivity contribution >= 4 is 19.0 Å². The van der Waals surface area contributed by atoms with E-state index in [1.54, 1.807) is 13.8 Å². The maximum absolute atomic E-state index is 12.3. The molecule has 0 amide bonds. The molecular weight excluding hydrogens is 299 g/mol. The van der Waals surface area contributed by atoms with E-state index in [-0.39, 0.29) is 26.4 Å². The number of hydrogen-bond donors (Lipinski definition) is 0. The van der Waals surface area contributed by atoms with E-state index in [1.165, 1.54) is 0 Å². The second kappa shape index (κ2) is 10.7. The second-order valence-electron chi connectivity index (χ2n) is 4.36. The van der Waals surface area contributed by atoms with Crippen LogP contribution in [0.4, 0.5) is 0 Å².